The van der Waals surface area contributed by atoms with Gasteiger partial charge in [0.1, 0.15) is 0 Å². The van der Waals surface area contributed by atoms with Crippen LogP contribution in [0.4, 0.5) is 0 Å². The second kappa shape index (κ2) is 5.17. The minimum absolute atomic E-state index is 0.818. The number of nitrogens with zero attached hydrogens (tertiary/aromatic N) is 2. The van der Waals surface area contributed by atoms with Crippen LogP contribution in [0, 0.1) is 6.92 Å². The Morgan fingerprint density at radius 3 is 2.75 bits per heavy atom. The molecule has 0 spiro atoms. The Morgan fingerprint density at radius 2 is 2.05 bits per heavy atom. The molecule has 5 heteroatoms. The maximum absolute atomic E-state index is 5.48. The van der Waals surface area contributed by atoms with E-state index in [1.807, 2.05) is 17.5 Å². The normalized spacial score (nSPS) is 10.5. The van der Waals surface area contributed by atoms with Crippen molar-refractivity contribution < 1.29 is 4.74 Å². The van der Waals surface area contributed by atoms with Crippen LogP contribution in [0.25, 0.3) is 22.3 Å². The first kappa shape index (κ1) is 13.0. The van der Waals surface area contributed by atoms with Crippen LogP contribution in [0.5, 0.6) is 5.75 Å². The molecule has 0 amide bonds. The van der Waals surface area contributed by atoms with E-state index in [0.717, 1.165) is 32.9 Å². The molecule has 0 radical (unpaired) electrons. The van der Waals surface area contributed by atoms with E-state index in [-0.39, 0.29) is 0 Å². The van der Waals surface area contributed by atoms with Gasteiger partial charge in [-0.1, -0.05) is 0 Å². The Kier molecular flexibility index (Phi) is 3.36. The van der Waals surface area contributed by atoms with Gasteiger partial charge in [-0.2, -0.15) is 0 Å². The van der Waals surface area contributed by atoms with E-state index in [1.54, 1.807) is 25.4 Å². The second-order valence-electron chi connectivity index (χ2n) is 4.51. The molecule has 98 valence electrons. The quantitative estimate of drug-likeness (QED) is 0.691. The van der Waals surface area contributed by atoms with E-state index in [4.69, 9.17) is 9.72 Å². The van der Waals surface area contributed by atoms with Crippen molar-refractivity contribution in [3.8, 4) is 17.1 Å². The van der Waals surface area contributed by atoms with Crippen LogP contribution >= 0.6 is 11.3 Å². The number of aromatic nitrogens is 2. The van der Waals surface area contributed by atoms with Gasteiger partial charge in [0.25, 0.3) is 0 Å². The molecule has 0 saturated carbocycles. The van der Waals surface area contributed by atoms with Crippen molar-refractivity contribution in [2.24, 2.45) is 0 Å². The van der Waals surface area contributed by atoms with E-state index >= 15 is 0 Å². The van der Waals surface area contributed by atoms with Crippen molar-refractivity contribution in [1.82, 2.24) is 9.97 Å². The Balaban J connectivity index is 2.23. The minimum atomic E-state index is 0.818. The zero-order chi connectivity index (χ0) is 14.1. The van der Waals surface area contributed by atoms with Gasteiger partial charge in [0.05, 0.1) is 0 Å². The summed E-state index contributed by atoms with van der Waals surface area (Å²) >= 11 is 1.56. The fraction of sp³-hybridized carbons (Fsp3) is 0.133. The predicted molar refractivity (Wildman–Crippen MR) is 86.6 cm³/mol. The van der Waals surface area contributed by atoms with Crippen LogP contribution in [-0.4, -0.2) is 30.5 Å². The number of hydrogen-bond acceptors (Lipinski definition) is 4. The molecule has 0 unspecified atom stereocenters. The van der Waals surface area contributed by atoms with Gasteiger partial charge in [0, 0.05) is 0 Å². The fourth-order valence-electron chi connectivity index (χ4n) is 2.11. The summed E-state index contributed by atoms with van der Waals surface area (Å²) in [6, 6.07) is 8.09. The molecule has 0 N–H and O–H groups in total. The summed E-state index contributed by atoms with van der Waals surface area (Å²) in [6.07, 6.45) is 0. The van der Waals surface area contributed by atoms with Gasteiger partial charge in [-0.25, -0.2) is 0 Å². The van der Waals surface area contributed by atoms with Crippen molar-refractivity contribution >= 4 is 40.5 Å². The number of benzene rings is 1. The van der Waals surface area contributed by atoms with Crippen LogP contribution in [0.15, 0.2) is 29.6 Å². The Morgan fingerprint density at radius 1 is 1.20 bits per heavy atom. The average molecular weight is 280 g/mol. The van der Waals surface area contributed by atoms with Gasteiger partial charge in [-0.15, -0.1) is 0 Å². The van der Waals surface area contributed by atoms with Gasteiger partial charge in [-0.05, 0) is 0 Å². The van der Waals surface area contributed by atoms with E-state index in [9.17, 15) is 0 Å². The third-order valence-corrected chi connectivity index (χ3v) is 3.95. The molecule has 0 aliphatic carbocycles. The molecule has 1 aromatic carbocycles. The molecular formula is C15H13BN2OS. The predicted octanol–water partition coefficient (Wildman–Crippen LogP) is 2.44. The van der Waals surface area contributed by atoms with Crippen molar-refractivity contribution in [3.05, 3.63) is 35.2 Å². The summed E-state index contributed by atoms with van der Waals surface area (Å²) in [5, 5.41) is 3.00. The fourth-order valence-corrected chi connectivity index (χ4v) is 2.76. The average Bonchev–Trinajstić information content (AvgIpc) is 2.94. The first-order valence-corrected chi connectivity index (χ1v) is 7.13. The van der Waals surface area contributed by atoms with Gasteiger partial charge >= 0.3 is 122 Å². The van der Waals surface area contributed by atoms with E-state index in [1.165, 1.54) is 5.56 Å². The third kappa shape index (κ3) is 2.25. The molecule has 0 saturated heterocycles. The SMILES string of the molecule is C=Bc1nc(-c2cc(OC)c3ccc(C)cc3n2)cs1. The van der Waals surface area contributed by atoms with Crippen LogP contribution in [-0.2, 0) is 0 Å². The zero-order valence-electron chi connectivity index (χ0n) is 11.4. The standard InChI is InChI=1S/C15H13BN2OS/c1-9-4-5-10-11(6-9)17-12(7-14(10)19-3)13-8-20-15(16-2)18-13/h4-8H,2H2,1,3H3. The Labute approximate surface area is 122 Å². The van der Waals surface area contributed by atoms with Gasteiger partial charge in [0.15, 0.2) is 0 Å². The molecule has 2 aromatic heterocycles. The van der Waals surface area contributed by atoms with E-state index in [0.29, 0.717) is 0 Å². The summed E-state index contributed by atoms with van der Waals surface area (Å²) in [5.41, 5.74) is 3.78. The molecule has 3 aromatic rings. The number of pyridine rings is 1. The number of hydrogen-bond donors (Lipinski definition) is 0. The molecule has 0 atom stereocenters. The van der Waals surface area contributed by atoms with E-state index < -0.39 is 0 Å². The molecule has 20 heavy (non-hydrogen) atoms. The van der Waals surface area contributed by atoms with Crippen LogP contribution < -0.4 is 9.64 Å². The van der Waals surface area contributed by atoms with Gasteiger partial charge in [-0.3, -0.25) is 0 Å². The second-order valence-corrected chi connectivity index (χ2v) is 5.40. The monoisotopic (exact) mass is 280 g/mol. The molecule has 3 nitrogen and oxygen atoms in total. The van der Waals surface area contributed by atoms with Crippen molar-refractivity contribution in [1.29, 1.82) is 0 Å². The number of methoxy groups -OCH3 is 1. The van der Waals surface area contributed by atoms with Gasteiger partial charge < -0.3 is 0 Å². The Hall–Kier alpha value is -2.01. The topological polar surface area (TPSA) is 35.0 Å². The first-order chi connectivity index (χ1) is 9.71. The number of thiazole rings is 1. The van der Waals surface area contributed by atoms with Crippen molar-refractivity contribution in [3.63, 3.8) is 0 Å². The maximum atomic E-state index is 5.48. The third-order valence-electron chi connectivity index (χ3n) is 3.11. The number of ether oxygens (including phenoxy) is 1. The van der Waals surface area contributed by atoms with Crippen LogP contribution in [0.1, 0.15) is 5.56 Å². The van der Waals surface area contributed by atoms with Crippen LogP contribution in [0.2, 0.25) is 0 Å². The molecule has 0 bridgehead atoms. The van der Waals surface area contributed by atoms with Gasteiger partial charge in [0.2, 0.25) is 0 Å². The molecule has 2 heterocycles. The van der Waals surface area contributed by atoms with Crippen molar-refractivity contribution in [2.75, 3.05) is 7.11 Å². The summed E-state index contributed by atoms with van der Waals surface area (Å²) in [4.78, 5) is 10.1. The Bertz CT molecular complexity index is 798. The molecule has 0 aliphatic rings. The summed E-state index contributed by atoms with van der Waals surface area (Å²) in [7, 11) is 1.68. The molecule has 0 fully saturated rings. The van der Waals surface area contributed by atoms with E-state index in [2.05, 4.69) is 30.5 Å². The summed E-state index contributed by atoms with van der Waals surface area (Å²) in [6.45, 7) is 7.54. The summed E-state index contributed by atoms with van der Waals surface area (Å²) in [5.74, 6) is 0.818. The zero-order valence-corrected chi connectivity index (χ0v) is 12.2. The van der Waals surface area contributed by atoms with Crippen molar-refractivity contribution in [2.45, 2.75) is 6.92 Å². The number of fused-ring (bicyclic) bond motifs is 1. The van der Waals surface area contributed by atoms with Crippen LogP contribution in [0.3, 0.4) is 0 Å². The molecular weight excluding hydrogens is 267 g/mol. The molecule has 3 rings (SSSR count). The first-order valence-electron chi connectivity index (χ1n) is 6.25. The summed E-state index contributed by atoms with van der Waals surface area (Å²) < 4.78 is 5.48. The molecule has 0 aliphatic heterocycles. The number of rotatable bonds is 3. The number of aryl methyl sites for hydroxylation is 1.